The zero-order valence-corrected chi connectivity index (χ0v) is 19.7. The van der Waals surface area contributed by atoms with Crippen molar-refractivity contribution in [3.8, 4) is 11.5 Å². The quantitative estimate of drug-likeness (QED) is 0.289. The molecule has 32 heavy (non-hydrogen) atoms. The molecular weight excluding hydrogens is 454 g/mol. The van der Waals surface area contributed by atoms with Crippen LogP contribution in [0, 0.1) is 13.8 Å². The van der Waals surface area contributed by atoms with Gasteiger partial charge in [-0.1, -0.05) is 23.7 Å². The summed E-state index contributed by atoms with van der Waals surface area (Å²) in [5, 5.41) is 3.07. The Morgan fingerprint density at radius 3 is 2.41 bits per heavy atom. The van der Waals surface area contributed by atoms with Crippen LogP contribution in [0.1, 0.15) is 28.4 Å². The molecule has 0 unspecified atom stereocenters. The van der Waals surface area contributed by atoms with Crippen LogP contribution in [0.5, 0.6) is 11.5 Å². The molecule has 0 bridgehead atoms. The molecule has 2 rings (SSSR count). The highest BCUT2D eigenvalue weighted by atomic mass is 35.5. The van der Waals surface area contributed by atoms with Gasteiger partial charge >= 0.3 is 0 Å². The summed E-state index contributed by atoms with van der Waals surface area (Å²) in [5.74, 6) is -0.0338. The first-order chi connectivity index (χ1) is 15.3. The fourth-order valence-corrected chi connectivity index (χ4v) is 2.89. The van der Waals surface area contributed by atoms with Crippen LogP contribution in [0.4, 0.5) is 0 Å². The highest BCUT2D eigenvalue weighted by Gasteiger charge is 2.14. The van der Waals surface area contributed by atoms with Gasteiger partial charge < -0.3 is 14.2 Å². The molecule has 0 aromatic heterocycles. The van der Waals surface area contributed by atoms with E-state index in [1.54, 1.807) is 36.4 Å². The number of hydrogen-bond acceptors (Lipinski definition) is 6. The van der Waals surface area contributed by atoms with Crippen LogP contribution in [0.3, 0.4) is 0 Å². The van der Waals surface area contributed by atoms with Crippen LogP contribution in [0.2, 0.25) is 5.02 Å². The normalized spacial score (nSPS) is 10.2. The number of ether oxygens (including phenoxy) is 3. The van der Waals surface area contributed by atoms with E-state index in [0.717, 1.165) is 11.1 Å². The number of thiocarbonyl (C=S) groups is 1. The molecule has 0 saturated heterocycles. The molecule has 0 atom stereocenters. The molecule has 0 aliphatic carbocycles. The van der Waals surface area contributed by atoms with Gasteiger partial charge in [-0.3, -0.25) is 25.8 Å². The maximum absolute atomic E-state index is 12.5. The molecule has 0 aliphatic heterocycles. The van der Waals surface area contributed by atoms with Crippen LogP contribution in [-0.4, -0.2) is 43.4 Å². The molecule has 3 N–H and O–H groups in total. The Morgan fingerprint density at radius 2 is 1.72 bits per heavy atom. The summed E-state index contributed by atoms with van der Waals surface area (Å²) in [4.78, 5) is 24.5. The number of rotatable bonds is 9. The summed E-state index contributed by atoms with van der Waals surface area (Å²) in [7, 11) is 0. The lowest BCUT2D eigenvalue weighted by molar-refractivity contribution is -0.123. The molecule has 0 fully saturated rings. The van der Waals surface area contributed by atoms with Crippen molar-refractivity contribution < 1.29 is 23.8 Å². The molecule has 8 nitrogen and oxygen atoms in total. The fraction of sp³-hybridized carbons (Fsp3) is 0.318. The maximum Gasteiger partial charge on any atom is 0.276 e. The van der Waals surface area contributed by atoms with Crippen molar-refractivity contribution in [1.82, 2.24) is 16.2 Å². The number of para-hydroxylation sites is 1. The maximum atomic E-state index is 12.5. The zero-order valence-electron chi connectivity index (χ0n) is 18.1. The Bertz CT molecular complexity index is 947. The molecular formula is C22H26ClN3O5S. The van der Waals surface area contributed by atoms with E-state index in [4.69, 9.17) is 38.0 Å². The lowest BCUT2D eigenvalue weighted by Gasteiger charge is -2.14. The third kappa shape index (κ3) is 7.99. The van der Waals surface area contributed by atoms with Crippen LogP contribution in [0.15, 0.2) is 36.4 Å². The van der Waals surface area contributed by atoms with Gasteiger partial charge in [0, 0.05) is 11.6 Å². The molecule has 10 heteroatoms. The van der Waals surface area contributed by atoms with Crippen LogP contribution < -0.4 is 25.6 Å². The lowest BCUT2D eigenvalue weighted by Crippen LogP contribution is -2.49. The van der Waals surface area contributed by atoms with E-state index in [1.807, 2.05) is 20.8 Å². The predicted molar refractivity (Wildman–Crippen MR) is 126 cm³/mol. The second-order valence-corrected chi connectivity index (χ2v) is 7.44. The van der Waals surface area contributed by atoms with Gasteiger partial charge in [0.25, 0.3) is 11.8 Å². The number of benzene rings is 2. The molecule has 0 spiro atoms. The minimum Gasteiger partial charge on any atom is -0.490 e. The topological polar surface area (TPSA) is 97.9 Å². The number of halogens is 1. The van der Waals surface area contributed by atoms with Crippen LogP contribution >= 0.6 is 23.8 Å². The molecule has 2 amide bonds. The Hall–Kier alpha value is -2.88. The summed E-state index contributed by atoms with van der Waals surface area (Å²) in [6.45, 7) is 6.65. The van der Waals surface area contributed by atoms with Gasteiger partial charge in [0.1, 0.15) is 18.1 Å². The van der Waals surface area contributed by atoms with Gasteiger partial charge in [0.15, 0.2) is 11.7 Å². The van der Waals surface area contributed by atoms with Gasteiger partial charge in [0.2, 0.25) is 0 Å². The Kier molecular flexibility index (Phi) is 10.2. The van der Waals surface area contributed by atoms with E-state index in [9.17, 15) is 9.59 Å². The smallest absolute Gasteiger partial charge is 0.276 e. The highest BCUT2D eigenvalue weighted by Crippen LogP contribution is 2.25. The SMILES string of the molecule is CCOCCOc1ccccc1C(=O)NC(=S)NNC(=O)COc1cc(C)c(Cl)c(C)c1. The van der Waals surface area contributed by atoms with Crippen molar-refractivity contribution in [2.75, 3.05) is 26.4 Å². The Labute approximate surface area is 197 Å². The second kappa shape index (κ2) is 12.8. The number of hydrogen-bond donors (Lipinski definition) is 3. The minimum atomic E-state index is -0.480. The van der Waals surface area contributed by atoms with Crippen molar-refractivity contribution in [2.45, 2.75) is 20.8 Å². The van der Waals surface area contributed by atoms with E-state index >= 15 is 0 Å². The van der Waals surface area contributed by atoms with E-state index in [2.05, 4.69) is 16.2 Å². The summed E-state index contributed by atoms with van der Waals surface area (Å²) in [6, 6.07) is 10.2. The Morgan fingerprint density at radius 1 is 1.03 bits per heavy atom. The van der Waals surface area contributed by atoms with Crippen molar-refractivity contribution >= 4 is 40.7 Å². The van der Waals surface area contributed by atoms with Gasteiger partial charge in [0.05, 0.1) is 12.2 Å². The molecule has 0 aliphatic rings. The van der Waals surface area contributed by atoms with Crippen molar-refractivity contribution in [3.05, 3.63) is 58.1 Å². The van der Waals surface area contributed by atoms with Crippen molar-refractivity contribution in [3.63, 3.8) is 0 Å². The summed E-state index contributed by atoms with van der Waals surface area (Å²) in [5.41, 5.74) is 6.85. The van der Waals surface area contributed by atoms with Gasteiger partial charge in [-0.2, -0.15) is 0 Å². The standard InChI is InChI=1S/C22H26ClN3O5S/c1-4-29-9-10-30-18-8-6-5-7-17(18)21(28)24-22(32)26-25-19(27)13-31-16-11-14(2)20(23)15(3)12-16/h5-8,11-12H,4,9-10,13H2,1-3H3,(H,25,27)(H2,24,26,28,32). The number of hydrazine groups is 1. The summed E-state index contributed by atoms with van der Waals surface area (Å²) in [6.07, 6.45) is 0. The largest absolute Gasteiger partial charge is 0.490 e. The Balaban J connectivity index is 1.80. The first-order valence-electron chi connectivity index (χ1n) is 9.91. The molecule has 2 aromatic rings. The monoisotopic (exact) mass is 479 g/mol. The lowest BCUT2D eigenvalue weighted by atomic mass is 10.1. The third-order valence-electron chi connectivity index (χ3n) is 4.14. The van der Waals surface area contributed by atoms with Gasteiger partial charge in [-0.05, 0) is 68.4 Å². The number of aryl methyl sites for hydroxylation is 2. The summed E-state index contributed by atoms with van der Waals surface area (Å²) < 4.78 is 16.3. The number of nitrogens with one attached hydrogen (secondary N) is 3. The van der Waals surface area contributed by atoms with Crippen LogP contribution in [-0.2, 0) is 9.53 Å². The van der Waals surface area contributed by atoms with Crippen LogP contribution in [0.25, 0.3) is 0 Å². The van der Waals surface area contributed by atoms with E-state index in [1.165, 1.54) is 0 Å². The summed E-state index contributed by atoms with van der Waals surface area (Å²) >= 11 is 11.2. The van der Waals surface area contributed by atoms with Gasteiger partial charge in [-0.25, -0.2) is 0 Å². The molecule has 0 heterocycles. The number of carbonyl (C=O) groups is 2. The predicted octanol–water partition coefficient (Wildman–Crippen LogP) is 3.09. The van der Waals surface area contributed by atoms with E-state index in [0.29, 0.717) is 41.9 Å². The van der Waals surface area contributed by atoms with Crippen molar-refractivity contribution in [2.24, 2.45) is 0 Å². The van der Waals surface area contributed by atoms with E-state index in [-0.39, 0.29) is 11.7 Å². The first kappa shape index (κ1) is 25.4. The average Bonchev–Trinajstić information content (AvgIpc) is 2.77. The molecule has 0 radical (unpaired) electrons. The zero-order chi connectivity index (χ0) is 23.5. The second-order valence-electron chi connectivity index (χ2n) is 6.66. The van der Waals surface area contributed by atoms with Gasteiger partial charge in [-0.15, -0.1) is 0 Å². The number of amides is 2. The average molecular weight is 480 g/mol. The first-order valence-corrected chi connectivity index (χ1v) is 10.7. The molecule has 2 aromatic carbocycles. The molecule has 172 valence electrons. The number of carbonyl (C=O) groups excluding carboxylic acids is 2. The van der Waals surface area contributed by atoms with E-state index < -0.39 is 11.8 Å². The molecule has 0 saturated carbocycles. The highest BCUT2D eigenvalue weighted by molar-refractivity contribution is 7.80. The minimum absolute atomic E-state index is 0.0781. The fourth-order valence-electron chi connectivity index (χ4n) is 2.64. The van der Waals surface area contributed by atoms with Crippen molar-refractivity contribution in [1.29, 1.82) is 0 Å². The third-order valence-corrected chi connectivity index (χ3v) is 4.94.